The van der Waals surface area contributed by atoms with Crippen LogP contribution in [0.5, 0.6) is 0 Å². The highest BCUT2D eigenvalue weighted by molar-refractivity contribution is 6.22. The third kappa shape index (κ3) is 4.34. The van der Waals surface area contributed by atoms with Crippen LogP contribution in [0, 0.1) is 0 Å². The highest BCUT2D eigenvalue weighted by Crippen LogP contribution is 2.67. The number of rotatable bonds is 8. The van der Waals surface area contributed by atoms with Gasteiger partial charge in [0.2, 0.25) is 11.5 Å². The zero-order valence-corrected chi connectivity index (χ0v) is 25.9. The van der Waals surface area contributed by atoms with E-state index in [1.165, 1.54) is 0 Å². The first-order valence-corrected chi connectivity index (χ1v) is 15.9. The minimum Gasteiger partial charge on any atom is -0.321 e. The molecule has 0 aliphatic carbocycles. The maximum Gasteiger partial charge on any atom is 0.225 e. The maximum atomic E-state index is 15.4. The molecule has 2 aliphatic heterocycles. The maximum absolute atomic E-state index is 15.4. The van der Waals surface area contributed by atoms with Crippen molar-refractivity contribution in [3.63, 3.8) is 0 Å². The van der Waals surface area contributed by atoms with Crippen molar-refractivity contribution >= 4 is 22.9 Å². The molecule has 2 heterocycles. The molecule has 0 fully saturated rings. The normalized spacial score (nSPS) is 19.8. The number of carbonyl (C=O) groups is 2. The lowest BCUT2D eigenvalue weighted by Gasteiger charge is -2.47. The van der Waals surface area contributed by atoms with E-state index in [2.05, 4.69) is 0 Å². The number of azo groups is 1. The number of nitrogens with zero attached hydrogens (tertiary/aromatic N) is 4. The third-order valence-corrected chi connectivity index (χ3v) is 9.02. The summed E-state index contributed by atoms with van der Waals surface area (Å²) in [4.78, 5) is 34.1. The number of benzene rings is 6. The van der Waals surface area contributed by atoms with Crippen molar-refractivity contribution in [1.82, 2.24) is 0 Å². The lowest BCUT2D eigenvalue weighted by Crippen LogP contribution is -2.53. The van der Waals surface area contributed by atoms with Gasteiger partial charge in [-0.25, -0.2) is 0 Å². The Kier molecular flexibility index (Phi) is 7.11. The van der Waals surface area contributed by atoms with E-state index < -0.39 is 11.2 Å². The minimum absolute atomic E-state index is 0.231. The van der Waals surface area contributed by atoms with E-state index in [9.17, 15) is 0 Å². The fraction of sp³-hybridized carbons (Fsp3) is 0.0476. The summed E-state index contributed by atoms with van der Waals surface area (Å²) in [7, 11) is 0. The van der Waals surface area contributed by atoms with Crippen LogP contribution in [-0.4, -0.2) is 16.4 Å². The summed E-state index contributed by atoms with van der Waals surface area (Å²) < 4.78 is 0. The number of fused-ring (bicyclic) bond motifs is 1. The zero-order valence-electron chi connectivity index (χ0n) is 25.9. The fourth-order valence-electron chi connectivity index (χ4n) is 6.99. The first kappa shape index (κ1) is 29.0. The number of anilines is 1. The Morgan fingerprint density at radius 3 is 1.50 bits per heavy atom. The Labute approximate surface area is 278 Å². The van der Waals surface area contributed by atoms with Crippen molar-refractivity contribution in [2.75, 3.05) is 4.90 Å². The van der Waals surface area contributed by atoms with Gasteiger partial charge in [-0.2, -0.15) is 10.5 Å². The fourth-order valence-corrected chi connectivity index (χ4v) is 6.99. The molecule has 0 unspecified atom stereocenters. The van der Waals surface area contributed by atoms with E-state index in [4.69, 9.17) is 10.5 Å². The predicted octanol–water partition coefficient (Wildman–Crippen LogP) is 9.37. The minimum atomic E-state index is -1.51. The summed E-state index contributed by atoms with van der Waals surface area (Å²) in [6.45, 7) is 0. The van der Waals surface area contributed by atoms with Gasteiger partial charge >= 0.3 is 0 Å². The van der Waals surface area contributed by atoms with Gasteiger partial charge in [-0.15, -0.1) is 4.81 Å². The molecular formula is C42H30N4O2. The number of allylic oxidation sites excluding steroid dienone is 1. The lowest BCUT2D eigenvalue weighted by atomic mass is 9.70. The van der Waals surface area contributed by atoms with Crippen molar-refractivity contribution < 1.29 is 14.4 Å². The standard InChI is InChI=1S/C42H30N4O2/c47-39(31-19-7-1-8-20-31)37-38(40(48)32-21-9-2-10-22-32)45(35-27-15-5-16-28-35)42(34-25-13-4-14-26-34)41(37,33-23-11-3-12-24-33)43-46(44-42)36-29-17-6-18-30-36/h1-30H/t41-,42+/m1/s1. The number of ketones is 2. The topological polar surface area (TPSA) is 66.8 Å². The van der Waals surface area contributed by atoms with Crippen LogP contribution >= 0.6 is 0 Å². The molecule has 0 spiro atoms. The molecule has 6 heteroatoms. The molecule has 0 radical (unpaired) electrons. The van der Waals surface area contributed by atoms with E-state index in [0.29, 0.717) is 16.8 Å². The van der Waals surface area contributed by atoms with Crippen LogP contribution in [0.2, 0.25) is 0 Å². The van der Waals surface area contributed by atoms with Gasteiger partial charge in [0.05, 0.1) is 5.70 Å². The molecule has 2 atom stereocenters. The molecule has 230 valence electrons. The summed E-state index contributed by atoms with van der Waals surface area (Å²) in [5.74, 6) is -0.596. The Balaban J connectivity index is 1.59. The summed E-state index contributed by atoms with van der Waals surface area (Å²) in [6, 6.07) is 57.3. The number of hydrogen-bond acceptors (Lipinski definition) is 4. The van der Waals surface area contributed by atoms with E-state index >= 15 is 9.59 Å². The van der Waals surface area contributed by atoms with Crippen LogP contribution < -0.4 is 4.90 Å². The van der Waals surface area contributed by atoms with Gasteiger partial charge < -0.3 is 4.90 Å². The second-order valence-corrected chi connectivity index (χ2v) is 11.7. The molecule has 0 saturated carbocycles. The molecule has 48 heavy (non-hydrogen) atoms. The molecule has 6 aromatic rings. The molecule has 2 aliphatic rings. The smallest absolute Gasteiger partial charge is 0.225 e. The number of para-hydroxylation sites is 2. The quantitative estimate of drug-likeness (QED) is 0.125. The van der Waals surface area contributed by atoms with E-state index in [-0.39, 0.29) is 22.8 Å². The number of Topliss-reactive ketones (excluding diaryl/α,β-unsaturated/α-hetero) is 2. The van der Waals surface area contributed by atoms with E-state index in [0.717, 1.165) is 16.8 Å². The largest absolute Gasteiger partial charge is 0.321 e. The van der Waals surface area contributed by atoms with Crippen molar-refractivity contribution in [2.45, 2.75) is 11.2 Å². The van der Waals surface area contributed by atoms with Crippen LogP contribution in [-0.2, 0) is 11.2 Å². The second-order valence-electron chi connectivity index (χ2n) is 11.7. The van der Waals surface area contributed by atoms with E-state index in [1.807, 2.05) is 163 Å². The van der Waals surface area contributed by atoms with Gasteiger partial charge in [0, 0.05) is 34.5 Å². The third-order valence-electron chi connectivity index (χ3n) is 9.02. The summed E-state index contributed by atoms with van der Waals surface area (Å²) in [6.07, 6.45) is 0. The predicted molar refractivity (Wildman–Crippen MR) is 186 cm³/mol. The Morgan fingerprint density at radius 1 is 0.521 bits per heavy atom. The highest BCUT2D eigenvalue weighted by Gasteiger charge is 2.70. The summed E-state index contributed by atoms with van der Waals surface area (Å²) >= 11 is 0. The van der Waals surface area contributed by atoms with Gasteiger partial charge in [-0.3, -0.25) is 9.59 Å². The average molecular weight is 623 g/mol. The van der Waals surface area contributed by atoms with Gasteiger partial charge in [0.25, 0.3) is 0 Å². The first-order valence-electron chi connectivity index (χ1n) is 15.9. The molecule has 0 amide bonds. The van der Waals surface area contributed by atoms with Gasteiger partial charge in [-0.05, 0) is 23.3 Å². The van der Waals surface area contributed by atoms with Crippen LogP contribution in [0.4, 0.5) is 11.4 Å². The first-order chi connectivity index (χ1) is 23.6. The SMILES string of the molecule is O=C(C1=C(C(=O)c2ccccc2)[C@@]2(c3ccccc3)N=[N+](c3ccccc3)[N-][C@@]2(c2ccccc2)N1c1ccccc1)c1ccccc1. The van der Waals surface area contributed by atoms with Crippen LogP contribution in [0.1, 0.15) is 31.8 Å². The molecule has 6 nitrogen and oxygen atoms in total. The van der Waals surface area contributed by atoms with Gasteiger partial charge in [0.1, 0.15) is 5.54 Å². The van der Waals surface area contributed by atoms with E-state index in [1.54, 1.807) is 29.1 Å². The van der Waals surface area contributed by atoms with Crippen molar-refractivity contribution in [3.05, 3.63) is 221 Å². The highest BCUT2D eigenvalue weighted by atomic mass is 16.1. The van der Waals surface area contributed by atoms with Crippen LogP contribution in [0.25, 0.3) is 5.43 Å². The second kappa shape index (κ2) is 11.8. The Bertz CT molecular complexity index is 2170. The molecule has 0 bridgehead atoms. The van der Waals surface area contributed by atoms with Gasteiger partial charge in [0.15, 0.2) is 11.4 Å². The summed E-state index contributed by atoms with van der Waals surface area (Å²) in [5.41, 5.74) is 6.90. The zero-order chi connectivity index (χ0) is 32.6. The average Bonchev–Trinajstić information content (AvgIpc) is 3.65. The number of hydrogen-bond donors (Lipinski definition) is 0. The summed E-state index contributed by atoms with van der Waals surface area (Å²) in [5, 5.41) is 5.49. The van der Waals surface area contributed by atoms with Gasteiger partial charge in [-0.1, -0.05) is 158 Å². The van der Waals surface area contributed by atoms with Crippen molar-refractivity contribution in [1.29, 1.82) is 0 Å². The molecule has 8 rings (SSSR count). The Morgan fingerprint density at radius 2 is 0.958 bits per heavy atom. The molecule has 0 N–H and O–H groups in total. The number of carbonyl (C=O) groups excluding carboxylic acids is 2. The van der Waals surface area contributed by atoms with Crippen molar-refractivity contribution in [2.24, 2.45) is 5.11 Å². The molecular weight excluding hydrogens is 592 g/mol. The molecule has 6 aromatic carbocycles. The van der Waals surface area contributed by atoms with Crippen LogP contribution in [0.3, 0.4) is 0 Å². The Hall–Kier alpha value is -6.40. The van der Waals surface area contributed by atoms with Crippen LogP contribution in [0.15, 0.2) is 198 Å². The molecule has 0 aromatic heterocycles. The van der Waals surface area contributed by atoms with Crippen molar-refractivity contribution in [3.8, 4) is 0 Å². The molecule has 0 saturated heterocycles. The lowest BCUT2D eigenvalue weighted by molar-refractivity contribution is -0.457. The monoisotopic (exact) mass is 622 g/mol.